The summed E-state index contributed by atoms with van der Waals surface area (Å²) in [7, 11) is 0. The molecule has 18 heteroatoms. The van der Waals surface area contributed by atoms with Crippen LogP contribution in [0.15, 0.2) is 0 Å². The van der Waals surface area contributed by atoms with Crippen LogP contribution in [0.5, 0.6) is 0 Å². The molecule has 2 saturated heterocycles. The molecule has 0 saturated carbocycles. The van der Waals surface area contributed by atoms with Gasteiger partial charge in [-0.05, 0) is 0 Å². The third-order valence-corrected chi connectivity index (χ3v) is 2.76. The lowest BCUT2D eigenvalue weighted by molar-refractivity contribution is -0.366. The van der Waals surface area contributed by atoms with Crippen LogP contribution in [0.2, 0.25) is 0 Å². The van der Waals surface area contributed by atoms with Crippen molar-refractivity contribution >= 4 is 0 Å². The second-order valence-corrected chi connectivity index (χ2v) is 4.57. The average molecular weight is 432 g/mol. The van der Waals surface area contributed by atoms with Gasteiger partial charge in [-0.25, -0.2) is 9.47 Å². The van der Waals surface area contributed by atoms with Crippen molar-refractivity contribution in [2.24, 2.45) is 0 Å². The number of rotatable bonds is 0. The van der Waals surface area contributed by atoms with E-state index in [1.54, 1.807) is 0 Å². The first-order valence-electron chi connectivity index (χ1n) is 5.34. The molecule has 0 aromatic heterocycles. The van der Waals surface area contributed by atoms with E-state index in [1.807, 2.05) is 9.47 Å². The fourth-order valence-corrected chi connectivity index (χ4v) is 1.31. The molecule has 0 N–H and O–H groups in total. The molecule has 0 aliphatic carbocycles. The Morgan fingerprint density at radius 2 is 0.385 bits per heavy atom. The van der Waals surface area contributed by atoms with Crippen LogP contribution >= 0.6 is 0 Å². The van der Waals surface area contributed by atoms with Crippen LogP contribution in [-0.2, 0) is 9.47 Å². The van der Waals surface area contributed by atoms with Gasteiger partial charge in [-0.2, -0.15) is 70.2 Å². The lowest BCUT2D eigenvalue weighted by Gasteiger charge is -2.20. The predicted octanol–water partition coefficient (Wildman–Crippen LogP) is 4.95. The number of alkyl halides is 16. The van der Waals surface area contributed by atoms with Gasteiger partial charge in [-0.3, -0.25) is 0 Å². The Labute approximate surface area is 129 Å². The Balaban J connectivity index is 0.000000260. The van der Waals surface area contributed by atoms with E-state index in [0.29, 0.717) is 0 Å². The first kappa shape index (κ1) is 22.8. The summed E-state index contributed by atoms with van der Waals surface area (Å²) in [5.41, 5.74) is 0. The maximum absolute atomic E-state index is 11.9. The summed E-state index contributed by atoms with van der Waals surface area (Å²) >= 11 is 0. The molecule has 0 radical (unpaired) electrons. The molecule has 156 valence electrons. The van der Waals surface area contributed by atoms with Gasteiger partial charge < -0.3 is 0 Å². The van der Waals surface area contributed by atoms with Gasteiger partial charge in [0.05, 0.1) is 0 Å². The first-order valence-corrected chi connectivity index (χ1v) is 5.34. The van der Waals surface area contributed by atoms with Crippen LogP contribution in [0.3, 0.4) is 0 Å². The van der Waals surface area contributed by atoms with Crippen molar-refractivity contribution in [2.75, 3.05) is 0 Å². The van der Waals surface area contributed by atoms with Crippen molar-refractivity contribution in [2.45, 2.75) is 48.1 Å². The van der Waals surface area contributed by atoms with Gasteiger partial charge >= 0.3 is 48.1 Å². The van der Waals surface area contributed by atoms with Crippen LogP contribution in [0.25, 0.3) is 0 Å². The van der Waals surface area contributed by atoms with E-state index in [0.717, 1.165) is 0 Å². The fourth-order valence-electron chi connectivity index (χ4n) is 1.31. The SMILES string of the molecule is FC1(F)OC(F)(F)C(F)(F)C1(F)F.FC1(F)OC(F)(F)C(F)(F)C1(F)F. The molecule has 0 spiro atoms. The van der Waals surface area contributed by atoms with Crippen LogP contribution in [-0.4, -0.2) is 48.1 Å². The van der Waals surface area contributed by atoms with Crippen LogP contribution < -0.4 is 0 Å². The molecule has 0 aromatic rings. The quantitative estimate of drug-likeness (QED) is 0.505. The van der Waals surface area contributed by atoms with Crippen molar-refractivity contribution in [3.8, 4) is 0 Å². The van der Waals surface area contributed by atoms with E-state index in [9.17, 15) is 70.2 Å². The molecular formula is C8F16O2. The van der Waals surface area contributed by atoms with Gasteiger partial charge in [0, 0.05) is 0 Å². The van der Waals surface area contributed by atoms with E-state index in [-0.39, 0.29) is 0 Å². The van der Waals surface area contributed by atoms with Crippen molar-refractivity contribution < 1.29 is 79.7 Å². The highest BCUT2D eigenvalue weighted by molar-refractivity contribution is 5.04. The summed E-state index contributed by atoms with van der Waals surface area (Å²) in [6.45, 7) is 0. The smallest absolute Gasteiger partial charge is 0.245 e. The van der Waals surface area contributed by atoms with Crippen molar-refractivity contribution in [1.82, 2.24) is 0 Å². The van der Waals surface area contributed by atoms with Crippen molar-refractivity contribution in [3.63, 3.8) is 0 Å². The fraction of sp³-hybridized carbons (Fsp3) is 1.00. The van der Waals surface area contributed by atoms with Gasteiger partial charge in [0.1, 0.15) is 0 Å². The Bertz CT molecular complexity index is 467. The lowest BCUT2D eigenvalue weighted by Crippen LogP contribution is -2.51. The zero-order valence-corrected chi connectivity index (χ0v) is 10.9. The van der Waals surface area contributed by atoms with Crippen LogP contribution in [0.4, 0.5) is 70.2 Å². The van der Waals surface area contributed by atoms with Gasteiger partial charge in [0.25, 0.3) is 0 Å². The Morgan fingerprint density at radius 1 is 0.269 bits per heavy atom. The monoisotopic (exact) mass is 432 g/mol. The topological polar surface area (TPSA) is 18.5 Å². The maximum atomic E-state index is 11.9. The highest BCUT2D eigenvalue weighted by atomic mass is 19.4. The molecule has 2 aliphatic rings. The van der Waals surface area contributed by atoms with E-state index in [2.05, 4.69) is 0 Å². The zero-order valence-electron chi connectivity index (χ0n) is 10.9. The Morgan fingerprint density at radius 3 is 0.423 bits per heavy atom. The summed E-state index contributed by atoms with van der Waals surface area (Å²) in [6.07, 6.45) is -23.5. The third kappa shape index (κ3) is 2.58. The van der Waals surface area contributed by atoms with Crippen LogP contribution in [0.1, 0.15) is 0 Å². The van der Waals surface area contributed by atoms with Crippen LogP contribution in [0, 0.1) is 0 Å². The minimum absolute atomic E-state index is 2.00. The highest BCUT2D eigenvalue weighted by Crippen LogP contribution is 2.62. The molecule has 0 atom stereocenters. The molecule has 0 unspecified atom stereocenters. The van der Waals surface area contributed by atoms with Gasteiger partial charge in [0.2, 0.25) is 0 Å². The van der Waals surface area contributed by atoms with E-state index >= 15 is 0 Å². The molecule has 2 aliphatic heterocycles. The van der Waals surface area contributed by atoms with E-state index in [4.69, 9.17) is 0 Å². The maximum Gasteiger partial charge on any atom is 0.430 e. The van der Waals surface area contributed by atoms with E-state index in [1.165, 1.54) is 0 Å². The second-order valence-electron chi connectivity index (χ2n) is 4.57. The largest absolute Gasteiger partial charge is 0.430 e. The van der Waals surface area contributed by atoms with Crippen molar-refractivity contribution in [1.29, 1.82) is 0 Å². The van der Waals surface area contributed by atoms with Gasteiger partial charge in [-0.1, -0.05) is 0 Å². The summed E-state index contributed by atoms with van der Waals surface area (Å²) < 4.78 is 193. The first-order chi connectivity index (χ1) is 10.9. The zero-order chi connectivity index (χ0) is 21.4. The molecule has 2 nitrogen and oxygen atoms in total. The molecule has 26 heavy (non-hydrogen) atoms. The summed E-state index contributed by atoms with van der Waals surface area (Å²) in [5, 5.41) is 0. The Hall–Kier alpha value is -1.20. The van der Waals surface area contributed by atoms with Crippen molar-refractivity contribution in [3.05, 3.63) is 0 Å². The Kier molecular flexibility index (Phi) is 4.56. The molecule has 0 amide bonds. The molecule has 2 heterocycles. The number of hydrogen-bond acceptors (Lipinski definition) is 2. The standard InChI is InChI=1S/2C4F8O/c2*5-1(6)2(7,8)4(11,12)13-3(1,9)10. The summed E-state index contributed by atoms with van der Waals surface area (Å²) in [5.74, 6) is -24.9. The van der Waals surface area contributed by atoms with Gasteiger partial charge in [-0.15, -0.1) is 0 Å². The number of ether oxygens (including phenoxy) is 2. The average Bonchev–Trinajstić information content (AvgIpc) is 2.47. The van der Waals surface area contributed by atoms with Gasteiger partial charge in [0.15, 0.2) is 0 Å². The van der Waals surface area contributed by atoms with E-state index < -0.39 is 48.1 Å². The molecule has 2 rings (SSSR count). The normalized spacial score (nSPS) is 33.2. The highest BCUT2D eigenvalue weighted by Gasteiger charge is 2.92. The second kappa shape index (κ2) is 5.20. The number of halogens is 16. The molecule has 2 fully saturated rings. The molecule has 0 aromatic carbocycles. The third-order valence-electron chi connectivity index (χ3n) is 2.76. The summed E-state index contributed by atoms with van der Waals surface area (Å²) in [6, 6.07) is 0. The lowest BCUT2D eigenvalue weighted by atomic mass is 10.2. The number of hydrogen-bond donors (Lipinski definition) is 0. The molecular weight excluding hydrogens is 432 g/mol. The minimum atomic E-state index is -6.22. The molecule has 0 bridgehead atoms. The summed E-state index contributed by atoms with van der Waals surface area (Å²) in [4.78, 5) is 0. The predicted molar refractivity (Wildman–Crippen MR) is 41.7 cm³/mol. The minimum Gasteiger partial charge on any atom is -0.245 e.